The van der Waals surface area contributed by atoms with Gasteiger partial charge in [0.15, 0.2) is 0 Å². The van der Waals surface area contributed by atoms with Crippen molar-refractivity contribution in [3.8, 4) is 0 Å². The Morgan fingerprint density at radius 2 is 1.82 bits per heavy atom. The minimum atomic E-state index is -2.40. The maximum atomic E-state index is 13.2. The molecule has 17 heavy (non-hydrogen) atoms. The highest BCUT2D eigenvalue weighted by atomic mass is 19.3. The van der Waals surface area contributed by atoms with E-state index in [1.807, 2.05) is 0 Å². The number of rotatable bonds is 4. The standard InChI is InChI=1S/C14H25F2N/c15-14(16)9-3-4-11(10-14)7-8-13(17)12-5-1-2-6-12/h11-13H,1-10,17H2. The molecule has 0 aliphatic heterocycles. The van der Waals surface area contributed by atoms with Crippen LogP contribution in [0.4, 0.5) is 8.78 Å². The molecule has 2 rings (SSSR count). The van der Waals surface area contributed by atoms with Crippen molar-refractivity contribution in [1.29, 1.82) is 0 Å². The molecule has 0 amide bonds. The van der Waals surface area contributed by atoms with Gasteiger partial charge in [-0.1, -0.05) is 19.3 Å². The van der Waals surface area contributed by atoms with Crippen LogP contribution in [-0.4, -0.2) is 12.0 Å². The molecular weight excluding hydrogens is 220 g/mol. The minimum Gasteiger partial charge on any atom is -0.327 e. The van der Waals surface area contributed by atoms with Crippen molar-refractivity contribution in [3.63, 3.8) is 0 Å². The third-order valence-electron chi connectivity index (χ3n) is 4.66. The lowest BCUT2D eigenvalue weighted by Gasteiger charge is -2.30. The second-order valence-corrected chi connectivity index (χ2v) is 6.10. The van der Waals surface area contributed by atoms with Crippen molar-refractivity contribution < 1.29 is 8.78 Å². The van der Waals surface area contributed by atoms with Crippen LogP contribution in [0.15, 0.2) is 0 Å². The van der Waals surface area contributed by atoms with E-state index in [1.54, 1.807) is 0 Å². The van der Waals surface area contributed by atoms with Gasteiger partial charge < -0.3 is 5.73 Å². The fourth-order valence-corrected chi connectivity index (χ4v) is 3.57. The molecule has 2 unspecified atom stereocenters. The first-order chi connectivity index (χ1) is 8.07. The minimum absolute atomic E-state index is 0.0954. The van der Waals surface area contributed by atoms with Crippen LogP contribution in [0.2, 0.25) is 0 Å². The monoisotopic (exact) mass is 245 g/mol. The molecule has 0 spiro atoms. The summed E-state index contributed by atoms with van der Waals surface area (Å²) < 4.78 is 26.5. The molecule has 1 nitrogen and oxygen atoms in total. The van der Waals surface area contributed by atoms with Crippen LogP contribution in [0.25, 0.3) is 0 Å². The largest absolute Gasteiger partial charge is 0.327 e. The first kappa shape index (κ1) is 13.3. The molecule has 100 valence electrons. The van der Waals surface area contributed by atoms with E-state index in [-0.39, 0.29) is 24.8 Å². The third-order valence-corrected chi connectivity index (χ3v) is 4.66. The average molecular weight is 245 g/mol. The van der Waals surface area contributed by atoms with E-state index in [9.17, 15) is 8.78 Å². The van der Waals surface area contributed by atoms with Crippen molar-refractivity contribution in [2.75, 3.05) is 0 Å². The Morgan fingerprint density at radius 3 is 2.47 bits per heavy atom. The summed E-state index contributed by atoms with van der Waals surface area (Å²) in [5, 5.41) is 0. The highest BCUT2D eigenvalue weighted by molar-refractivity contribution is 4.82. The number of alkyl halides is 2. The van der Waals surface area contributed by atoms with Crippen molar-refractivity contribution >= 4 is 0 Å². The predicted molar refractivity (Wildman–Crippen MR) is 66.1 cm³/mol. The molecule has 2 aliphatic carbocycles. The maximum Gasteiger partial charge on any atom is 0.248 e. The molecule has 2 fully saturated rings. The molecular formula is C14H25F2N. The number of hydrogen-bond acceptors (Lipinski definition) is 1. The van der Waals surface area contributed by atoms with E-state index >= 15 is 0 Å². The summed E-state index contributed by atoms with van der Waals surface area (Å²) >= 11 is 0. The molecule has 2 saturated carbocycles. The van der Waals surface area contributed by atoms with Crippen LogP contribution in [0.5, 0.6) is 0 Å². The quantitative estimate of drug-likeness (QED) is 0.792. The van der Waals surface area contributed by atoms with E-state index in [4.69, 9.17) is 5.73 Å². The van der Waals surface area contributed by atoms with Gasteiger partial charge in [-0.15, -0.1) is 0 Å². The lowest BCUT2D eigenvalue weighted by Crippen LogP contribution is -2.31. The average Bonchev–Trinajstić information content (AvgIpc) is 2.78. The van der Waals surface area contributed by atoms with Crippen molar-refractivity contribution in [1.82, 2.24) is 0 Å². The van der Waals surface area contributed by atoms with Gasteiger partial charge in [0.05, 0.1) is 0 Å². The molecule has 3 heteroatoms. The Bertz CT molecular complexity index is 236. The molecule has 0 bridgehead atoms. The molecule has 0 aromatic rings. The molecule has 0 aromatic heterocycles. The first-order valence-corrected chi connectivity index (χ1v) is 7.20. The van der Waals surface area contributed by atoms with Crippen LogP contribution >= 0.6 is 0 Å². The fraction of sp³-hybridized carbons (Fsp3) is 1.00. The lowest BCUT2D eigenvalue weighted by atomic mass is 9.81. The van der Waals surface area contributed by atoms with E-state index in [0.717, 1.165) is 19.3 Å². The molecule has 0 heterocycles. The fourth-order valence-electron chi connectivity index (χ4n) is 3.57. The van der Waals surface area contributed by atoms with E-state index < -0.39 is 5.92 Å². The van der Waals surface area contributed by atoms with Crippen LogP contribution < -0.4 is 5.73 Å². The molecule has 2 N–H and O–H groups in total. The zero-order valence-corrected chi connectivity index (χ0v) is 10.6. The molecule has 0 saturated heterocycles. The highest BCUT2D eigenvalue weighted by Gasteiger charge is 2.36. The summed E-state index contributed by atoms with van der Waals surface area (Å²) in [7, 11) is 0. The Kier molecular flexibility index (Phi) is 4.40. The normalized spacial score (nSPS) is 31.6. The smallest absolute Gasteiger partial charge is 0.248 e. The summed E-state index contributed by atoms with van der Waals surface area (Å²) in [5.41, 5.74) is 6.18. The van der Waals surface area contributed by atoms with Crippen LogP contribution in [-0.2, 0) is 0 Å². The molecule has 2 aliphatic rings. The van der Waals surface area contributed by atoms with Crippen molar-refractivity contribution in [3.05, 3.63) is 0 Å². The molecule has 0 aromatic carbocycles. The van der Waals surface area contributed by atoms with Gasteiger partial charge in [0.2, 0.25) is 5.92 Å². The van der Waals surface area contributed by atoms with Crippen molar-refractivity contribution in [2.45, 2.75) is 76.2 Å². The van der Waals surface area contributed by atoms with Gasteiger partial charge in [0.25, 0.3) is 0 Å². The first-order valence-electron chi connectivity index (χ1n) is 7.20. The Labute approximate surface area is 103 Å². The van der Waals surface area contributed by atoms with Gasteiger partial charge in [0, 0.05) is 18.9 Å². The summed E-state index contributed by atoms with van der Waals surface area (Å²) in [5.74, 6) is -1.52. The summed E-state index contributed by atoms with van der Waals surface area (Å²) in [6.07, 6.45) is 8.84. The van der Waals surface area contributed by atoms with Gasteiger partial charge in [-0.2, -0.15) is 0 Å². The van der Waals surface area contributed by atoms with Crippen molar-refractivity contribution in [2.24, 2.45) is 17.6 Å². The zero-order chi connectivity index (χ0) is 12.3. The highest BCUT2D eigenvalue weighted by Crippen LogP contribution is 2.39. The number of nitrogens with two attached hydrogens (primary N) is 1. The van der Waals surface area contributed by atoms with Crippen LogP contribution in [0, 0.1) is 11.8 Å². The second-order valence-electron chi connectivity index (χ2n) is 6.10. The van der Waals surface area contributed by atoms with Gasteiger partial charge >= 0.3 is 0 Å². The summed E-state index contributed by atoms with van der Waals surface area (Å²) in [6.45, 7) is 0. The van der Waals surface area contributed by atoms with Gasteiger partial charge in [-0.3, -0.25) is 0 Å². The third kappa shape index (κ3) is 3.90. The van der Waals surface area contributed by atoms with Crippen LogP contribution in [0.3, 0.4) is 0 Å². The van der Waals surface area contributed by atoms with Gasteiger partial charge in [-0.05, 0) is 43.9 Å². The van der Waals surface area contributed by atoms with E-state index in [2.05, 4.69) is 0 Å². The Hall–Kier alpha value is -0.180. The van der Waals surface area contributed by atoms with E-state index in [1.165, 1.54) is 25.7 Å². The number of hydrogen-bond donors (Lipinski definition) is 1. The van der Waals surface area contributed by atoms with Gasteiger partial charge in [0.1, 0.15) is 0 Å². The predicted octanol–water partition coefficient (Wildman–Crippen LogP) is 4.11. The topological polar surface area (TPSA) is 26.0 Å². The molecule has 0 radical (unpaired) electrons. The van der Waals surface area contributed by atoms with E-state index in [0.29, 0.717) is 12.3 Å². The Balaban J connectivity index is 1.70. The maximum absolute atomic E-state index is 13.2. The number of halogens is 2. The zero-order valence-electron chi connectivity index (χ0n) is 10.6. The molecule has 2 atom stereocenters. The lowest BCUT2D eigenvalue weighted by molar-refractivity contribution is -0.0540. The Morgan fingerprint density at radius 1 is 1.12 bits per heavy atom. The summed E-state index contributed by atoms with van der Waals surface area (Å²) in [4.78, 5) is 0. The van der Waals surface area contributed by atoms with Gasteiger partial charge in [-0.25, -0.2) is 8.78 Å². The summed E-state index contributed by atoms with van der Waals surface area (Å²) in [6, 6.07) is 0.257. The SMILES string of the molecule is NC(CCC1CCCC(F)(F)C1)C1CCCC1. The second kappa shape index (κ2) is 5.64. The van der Waals surface area contributed by atoms with Crippen LogP contribution in [0.1, 0.15) is 64.2 Å².